The number of ether oxygens (including phenoxy) is 1. The molecule has 8 heteroatoms. The number of amides is 1. The average molecular weight is 390 g/mol. The van der Waals surface area contributed by atoms with E-state index in [9.17, 15) is 9.59 Å². The molecule has 0 spiro atoms. The highest BCUT2D eigenvalue weighted by atomic mass is 32.2. The van der Waals surface area contributed by atoms with Crippen LogP contribution in [0.5, 0.6) is 5.75 Å². The standard InChI is InChI=1S/C18H19N3O3S2/c1-4-24-12-8-6-5-7-11(12)19-17(23)15-10(2)14-16(22)20-13(9-25-3)21-18(14)26-15/h5-8H,4,9H2,1-3H3,(H,19,23)(H,20,21,22). The highest BCUT2D eigenvalue weighted by Crippen LogP contribution is 2.30. The monoisotopic (exact) mass is 389 g/mol. The molecule has 0 unspecified atom stereocenters. The first-order chi connectivity index (χ1) is 12.5. The number of hydrogen-bond acceptors (Lipinski definition) is 6. The van der Waals surface area contributed by atoms with Crippen LogP contribution in [0.2, 0.25) is 0 Å². The number of thiophene rings is 1. The van der Waals surface area contributed by atoms with E-state index < -0.39 is 0 Å². The van der Waals surface area contributed by atoms with Gasteiger partial charge in [-0.25, -0.2) is 4.98 Å². The molecule has 0 aliphatic carbocycles. The number of fused-ring (bicyclic) bond motifs is 1. The van der Waals surface area contributed by atoms with Crippen LogP contribution in [0.3, 0.4) is 0 Å². The molecule has 2 heterocycles. The first-order valence-corrected chi connectivity index (χ1v) is 10.3. The molecule has 0 fully saturated rings. The molecule has 0 saturated carbocycles. The molecular weight excluding hydrogens is 370 g/mol. The van der Waals surface area contributed by atoms with Crippen LogP contribution in [0.4, 0.5) is 5.69 Å². The van der Waals surface area contributed by atoms with Gasteiger partial charge in [-0.05, 0) is 37.8 Å². The van der Waals surface area contributed by atoms with Crippen molar-refractivity contribution < 1.29 is 9.53 Å². The fraction of sp³-hybridized carbons (Fsp3) is 0.278. The third-order valence-electron chi connectivity index (χ3n) is 3.77. The SMILES string of the molecule is CCOc1ccccc1NC(=O)c1sc2nc(CSC)[nH]c(=O)c2c1C. The van der Waals surface area contributed by atoms with E-state index in [4.69, 9.17) is 4.74 Å². The van der Waals surface area contributed by atoms with Gasteiger partial charge in [0.05, 0.1) is 28.3 Å². The van der Waals surface area contributed by atoms with Crippen LogP contribution in [0, 0.1) is 6.92 Å². The van der Waals surface area contributed by atoms with Crippen molar-refractivity contribution in [2.75, 3.05) is 18.2 Å². The van der Waals surface area contributed by atoms with Gasteiger partial charge in [0.2, 0.25) is 0 Å². The largest absolute Gasteiger partial charge is 0.492 e. The summed E-state index contributed by atoms with van der Waals surface area (Å²) in [7, 11) is 0. The molecule has 6 nitrogen and oxygen atoms in total. The highest BCUT2D eigenvalue weighted by Gasteiger charge is 2.20. The van der Waals surface area contributed by atoms with Crippen LogP contribution in [-0.2, 0) is 5.75 Å². The third kappa shape index (κ3) is 3.61. The summed E-state index contributed by atoms with van der Waals surface area (Å²) in [6.07, 6.45) is 1.94. The first kappa shape index (κ1) is 18.5. The Morgan fingerprint density at radius 1 is 1.38 bits per heavy atom. The Labute approximate surface area is 159 Å². The zero-order valence-electron chi connectivity index (χ0n) is 14.7. The molecule has 3 rings (SSSR count). The molecule has 136 valence electrons. The Bertz CT molecular complexity index is 1010. The van der Waals surface area contributed by atoms with Crippen molar-refractivity contribution in [3.8, 4) is 5.75 Å². The molecule has 0 aliphatic heterocycles. The van der Waals surface area contributed by atoms with E-state index in [2.05, 4.69) is 15.3 Å². The molecule has 1 amide bonds. The number of anilines is 1. The molecule has 0 radical (unpaired) electrons. The van der Waals surface area contributed by atoms with Crippen LogP contribution in [-0.4, -0.2) is 28.7 Å². The second kappa shape index (κ2) is 7.92. The number of aryl methyl sites for hydroxylation is 1. The number of benzene rings is 1. The van der Waals surface area contributed by atoms with E-state index in [1.807, 2.05) is 25.3 Å². The van der Waals surface area contributed by atoms with Crippen molar-refractivity contribution in [1.29, 1.82) is 0 Å². The minimum absolute atomic E-state index is 0.207. The van der Waals surface area contributed by atoms with Crippen LogP contribution >= 0.6 is 23.1 Å². The number of nitrogens with one attached hydrogen (secondary N) is 2. The Hall–Kier alpha value is -2.32. The van der Waals surface area contributed by atoms with Gasteiger partial charge < -0.3 is 15.0 Å². The predicted octanol–water partition coefficient (Wildman–Crippen LogP) is 3.81. The van der Waals surface area contributed by atoms with Gasteiger partial charge in [-0.3, -0.25) is 9.59 Å². The molecule has 3 aromatic rings. The molecule has 0 aliphatic rings. The number of carbonyl (C=O) groups is 1. The molecule has 26 heavy (non-hydrogen) atoms. The fourth-order valence-electron chi connectivity index (χ4n) is 2.64. The lowest BCUT2D eigenvalue weighted by atomic mass is 10.2. The topological polar surface area (TPSA) is 84.1 Å². The molecule has 1 aromatic carbocycles. The van der Waals surface area contributed by atoms with Crippen LogP contribution in [0.1, 0.15) is 28.0 Å². The average Bonchev–Trinajstić information content (AvgIpc) is 2.94. The number of nitrogens with zero attached hydrogens (tertiary/aromatic N) is 1. The van der Waals surface area contributed by atoms with Crippen LogP contribution in [0.15, 0.2) is 29.1 Å². The number of thioether (sulfide) groups is 1. The van der Waals surface area contributed by atoms with Gasteiger partial charge in [-0.1, -0.05) is 12.1 Å². The van der Waals surface area contributed by atoms with Crippen molar-refractivity contribution in [1.82, 2.24) is 9.97 Å². The zero-order chi connectivity index (χ0) is 18.7. The van der Waals surface area contributed by atoms with Crippen LogP contribution in [0.25, 0.3) is 10.2 Å². The minimum atomic E-state index is -0.275. The Morgan fingerprint density at radius 2 is 2.15 bits per heavy atom. The van der Waals surface area contributed by atoms with E-state index in [1.54, 1.807) is 30.8 Å². The summed E-state index contributed by atoms with van der Waals surface area (Å²) >= 11 is 2.81. The number of aromatic nitrogens is 2. The number of hydrogen-bond donors (Lipinski definition) is 2. The molecular formula is C18H19N3O3S2. The van der Waals surface area contributed by atoms with Crippen molar-refractivity contribution in [3.63, 3.8) is 0 Å². The van der Waals surface area contributed by atoms with Gasteiger partial charge in [-0.15, -0.1) is 11.3 Å². The molecule has 0 bridgehead atoms. The Balaban J connectivity index is 1.98. The summed E-state index contributed by atoms with van der Waals surface area (Å²) in [5.41, 5.74) is 1.03. The summed E-state index contributed by atoms with van der Waals surface area (Å²) in [6, 6.07) is 7.27. The van der Waals surface area contributed by atoms with Gasteiger partial charge in [0.25, 0.3) is 11.5 Å². The number of para-hydroxylation sites is 2. The maximum atomic E-state index is 12.8. The van der Waals surface area contributed by atoms with Gasteiger partial charge in [0.1, 0.15) is 16.4 Å². The quantitative estimate of drug-likeness (QED) is 0.670. The minimum Gasteiger partial charge on any atom is -0.492 e. The van der Waals surface area contributed by atoms with Gasteiger partial charge in [-0.2, -0.15) is 11.8 Å². The summed E-state index contributed by atoms with van der Waals surface area (Å²) in [6.45, 7) is 4.17. The van der Waals surface area contributed by atoms with Crippen LogP contribution < -0.4 is 15.6 Å². The van der Waals surface area contributed by atoms with E-state index in [0.29, 0.717) is 50.3 Å². The lowest BCUT2D eigenvalue weighted by molar-refractivity contribution is 0.102. The predicted molar refractivity (Wildman–Crippen MR) is 108 cm³/mol. The van der Waals surface area contributed by atoms with Crippen molar-refractivity contribution in [3.05, 3.63) is 50.9 Å². The second-order valence-electron chi connectivity index (χ2n) is 5.57. The van der Waals surface area contributed by atoms with Crippen molar-refractivity contribution in [2.45, 2.75) is 19.6 Å². The van der Waals surface area contributed by atoms with Gasteiger partial charge >= 0.3 is 0 Å². The number of rotatable bonds is 6. The maximum Gasteiger partial charge on any atom is 0.266 e. The highest BCUT2D eigenvalue weighted by molar-refractivity contribution is 7.97. The fourth-order valence-corrected chi connectivity index (χ4v) is 4.15. The lowest BCUT2D eigenvalue weighted by Gasteiger charge is -2.10. The number of aromatic amines is 1. The first-order valence-electron chi connectivity index (χ1n) is 8.09. The Kier molecular flexibility index (Phi) is 5.63. The van der Waals surface area contributed by atoms with Crippen molar-refractivity contribution >= 4 is 44.9 Å². The third-order valence-corrected chi connectivity index (χ3v) is 5.52. The van der Waals surface area contributed by atoms with E-state index >= 15 is 0 Å². The molecule has 2 aromatic heterocycles. The summed E-state index contributed by atoms with van der Waals surface area (Å²) in [4.78, 5) is 33.5. The molecule has 0 atom stereocenters. The van der Waals surface area contributed by atoms with E-state index in [-0.39, 0.29) is 11.5 Å². The normalized spacial score (nSPS) is 10.9. The number of carbonyl (C=O) groups excluding carboxylic acids is 1. The Morgan fingerprint density at radius 3 is 2.88 bits per heavy atom. The van der Waals surface area contributed by atoms with E-state index in [1.165, 1.54) is 11.3 Å². The second-order valence-corrected chi connectivity index (χ2v) is 7.43. The molecule has 0 saturated heterocycles. The van der Waals surface area contributed by atoms with Gasteiger partial charge in [0.15, 0.2) is 0 Å². The maximum absolute atomic E-state index is 12.8. The summed E-state index contributed by atoms with van der Waals surface area (Å²) in [5, 5.41) is 3.35. The summed E-state index contributed by atoms with van der Waals surface area (Å²) in [5.74, 6) is 1.57. The van der Waals surface area contributed by atoms with Crippen molar-refractivity contribution in [2.24, 2.45) is 0 Å². The smallest absolute Gasteiger partial charge is 0.266 e. The summed E-state index contributed by atoms with van der Waals surface area (Å²) < 4.78 is 5.54. The number of H-pyrrole nitrogens is 1. The van der Waals surface area contributed by atoms with E-state index in [0.717, 1.165) is 0 Å². The zero-order valence-corrected chi connectivity index (χ0v) is 16.3. The molecule has 2 N–H and O–H groups in total. The lowest BCUT2D eigenvalue weighted by Crippen LogP contribution is -2.13. The van der Waals surface area contributed by atoms with Gasteiger partial charge in [0, 0.05) is 0 Å².